The Morgan fingerprint density at radius 2 is 2.00 bits per heavy atom. The molecular formula is C17H18ClN3O. The Hall–Kier alpha value is -1.91. The summed E-state index contributed by atoms with van der Waals surface area (Å²) in [6.07, 6.45) is 2.29. The van der Waals surface area contributed by atoms with Gasteiger partial charge in [-0.3, -0.25) is 0 Å². The first-order valence-corrected chi connectivity index (χ1v) is 7.68. The highest BCUT2D eigenvalue weighted by molar-refractivity contribution is 6.31. The summed E-state index contributed by atoms with van der Waals surface area (Å²) in [7, 11) is 0. The molecule has 114 valence electrons. The average Bonchev–Trinajstić information content (AvgIpc) is 2.85. The predicted octanol–water partition coefficient (Wildman–Crippen LogP) is 3.75. The maximum atomic E-state index is 9.15. The number of hydrogen-bond donors (Lipinski definition) is 1. The summed E-state index contributed by atoms with van der Waals surface area (Å²) < 4.78 is 2.05. The van der Waals surface area contributed by atoms with E-state index in [1.807, 2.05) is 10.6 Å². The standard InChI is InChI=1S/C17H18ClN3O/c1-11-4-5-13(8-12(11)2)16-20-15-9-14(18)10-19-17(15)21(16)6-3-7-22/h4-5,8-10,22H,3,6-7H2,1-2H3. The van der Waals surface area contributed by atoms with Gasteiger partial charge < -0.3 is 9.67 Å². The van der Waals surface area contributed by atoms with Crippen molar-refractivity contribution in [3.63, 3.8) is 0 Å². The molecule has 1 aromatic carbocycles. The van der Waals surface area contributed by atoms with Crippen molar-refractivity contribution in [3.8, 4) is 11.4 Å². The van der Waals surface area contributed by atoms with E-state index in [1.165, 1.54) is 11.1 Å². The molecule has 1 N–H and O–H groups in total. The Labute approximate surface area is 134 Å². The predicted molar refractivity (Wildman–Crippen MR) is 89.2 cm³/mol. The highest BCUT2D eigenvalue weighted by atomic mass is 35.5. The Morgan fingerprint density at radius 1 is 1.18 bits per heavy atom. The number of benzene rings is 1. The number of halogens is 1. The van der Waals surface area contributed by atoms with E-state index in [2.05, 4.69) is 37.0 Å². The lowest BCUT2D eigenvalue weighted by Crippen LogP contribution is -2.03. The number of imidazole rings is 1. The second-order valence-electron chi connectivity index (χ2n) is 5.46. The molecule has 0 atom stereocenters. The molecule has 0 aliphatic carbocycles. The summed E-state index contributed by atoms with van der Waals surface area (Å²) >= 11 is 6.02. The molecule has 0 unspecified atom stereocenters. The van der Waals surface area contributed by atoms with Gasteiger partial charge in [-0.25, -0.2) is 9.97 Å². The minimum atomic E-state index is 0.139. The van der Waals surface area contributed by atoms with E-state index in [4.69, 9.17) is 21.7 Å². The number of pyridine rings is 1. The fourth-order valence-electron chi connectivity index (χ4n) is 2.53. The van der Waals surface area contributed by atoms with Gasteiger partial charge in [0.1, 0.15) is 11.3 Å². The molecule has 0 fully saturated rings. The molecular weight excluding hydrogens is 298 g/mol. The Kier molecular flexibility index (Phi) is 4.14. The van der Waals surface area contributed by atoms with Crippen LogP contribution in [0.1, 0.15) is 17.5 Å². The van der Waals surface area contributed by atoms with E-state index >= 15 is 0 Å². The molecule has 3 rings (SSSR count). The molecule has 0 bridgehead atoms. The van der Waals surface area contributed by atoms with Gasteiger partial charge in [-0.1, -0.05) is 23.7 Å². The Bertz CT molecular complexity index is 826. The summed E-state index contributed by atoms with van der Waals surface area (Å²) in [4.78, 5) is 9.11. The molecule has 0 amide bonds. The third-order valence-corrected chi connectivity index (χ3v) is 4.06. The number of nitrogens with zero attached hydrogens (tertiary/aromatic N) is 3. The van der Waals surface area contributed by atoms with Crippen LogP contribution in [0.3, 0.4) is 0 Å². The monoisotopic (exact) mass is 315 g/mol. The maximum absolute atomic E-state index is 9.15. The van der Waals surface area contributed by atoms with E-state index in [-0.39, 0.29) is 6.61 Å². The quantitative estimate of drug-likeness (QED) is 0.797. The first-order valence-electron chi connectivity index (χ1n) is 7.30. The lowest BCUT2D eigenvalue weighted by Gasteiger charge is -2.09. The van der Waals surface area contributed by atoms with Crippen molar-refractivity contribution in [2.24, 2.45) is 0 Å². The van der Waals surface area contributed by atoms with E-state index in [1.54, 1.807) is 6.20 Å². The summed E-state index contributed by atoms with van der Waals surface area (Å²) in [6.45, 7) is 4.99. The van der Waals surface area contributed by atoms with Crippen LogP contribution in [0.25, 0.3) is 22.6 Å². The lowest BCUT2D eigenvalue weighted by molar-refractivity contribution is 0.280. The van der Waals surface area contributed by atoms with E-state index in [0.717, 1.165) is 22.6 Å². The van der Waals surface area contributed by atoms with Gasteiger partial charge >= 0.3 is 0 Å². The normalized spacial score (nSPS) is 11.3. The van der Waals surface area contributed by atoms with Gasteiger partial charge in [0.25, 0.3) is 0 Å². The summed E-state index contributed by atoms with van der Waals surface area (Å²) in [6, 6.07) is 8.12. The van der Waals surface area contributed by atoms with Crippen molar-refractivity contribution in [1.82, 2.24) is 14.5 Å². The molecule has 0 radical (unpaired) electrons. The van der Waals surface area contributed by atoms with E-state index in [0.29, 0.717) is 18.0 Å². The van der Waals surface area contributed by atoms with Crippen molar-refractivity contribution >= 4 is 22.8 Å². The lowest BCUT2D eigenvalue weighted by atomic mass is 10.1. The van der Waals surface area contributed by atoms with Crippen LogP contribution >= 0.6 is 11.6 Å². The zero-order valence-corrected chi connectivity index (χ0v) is 13.4. The number of fused-ring (bicyclic) bond motifs is 1. The van der Waals surface area contributed by atoms with Crippen molar-refractivity contribution in [3.05, 3.63) is 46.6 Å². The molecule has 3 aromatic rings. The van der Waals surface area contributed by atoms with Crippen molar-refractivity contribution < 1.29 is 5.11 Å². The zero-order valence-electron chi connectivity index (χ0n) is 12.7. The van der Waals surface area contributed by atoms with Gasteiger partial charge in [-0.15, -0.1) is 0 Å². The fourth-order valence-corrected chi connectivity index (χ4v) is 2.68. The highest BCUT2D eigenvalue weighted by Crippen LogP contribution is 2.27. The average molecular weight is 316 g/mol. The van der Waals surface area contributed by atoms with Crippen LogP contribution in [-0.4, -0.2) is 26.2 Å². The number of rotatable bonds is 4. The van der Waals surface area contributed by atoms with Crippen LogP contribution in [0.15, 0.2) is 30.5 Å². The SMILES string of the molecule is Cc1ccc(-c2nc3cc(Cl)cnc3n2CCCO)cc1C. The molecule has 2 heterocycles. The minimum absolute atomic E-state index is 0.139. The first kappa shape index (κ1) is 15.0. The third-order valence-electron chi connectivity index (χ3n) is 3.86. The summed E-state index contributed by atoms with van der Waals surface area (Å²) in [5.74, 6) is 0.862. The Morgan fingerprint density at radius 3 is 2.73 bits per heavy atom. The summed E-state index contributed by atoms with van der Waals surface area (Å²) in [5, 5.41) is 9.72. The van der Waals surface area contributed by atoms with Gasteiger partial charge in [0, 0.05) is 24.9 Å². The number of hydrogen-bond acceptors (Lipinski definition) is 3. The van der Waals surface area contributed by atoms with Crippen LogP contribution < -0.4 is 0 Å². The van der Waals surface area contributed by atoms with Crippen LogP contribution in [0.2, 0.25) is 5.02 Å². The number of aromatic nitrogens is 3. The number of aryl methyl sites for hydroxylation is 3. The molecule has 4 nitrogen and oxygen atoms in total. The second kappa shape index (κ2) is 6.07. The van der Waals surface area contributed by atoms with Gasteiger partial charge in [0.15, 0.2) is 5.65 Å². The molecule has 22 heavy (non-hydrogen) atoms. The topological polar surface area (TPSA) is 50.9 Å². The molecule has 0 saturated carbocycles. The Balaban J connectivity index is 2.19. The van der Waals surface area contributed by atoms with Crippen LogP contribution in [0.5, 0.6) is 0 Å². The van der Waals surface area contributed by atoms with Crippen molar-refractivity contribution in [1.29, 1.82) is 0 Å². The zero-order chi connectivity index (χ0) is 15.7. The summed E-state index contributed by atoms with van der Waals surface area (Å²) in [5.41, 5.74) is 5.10. The van der Waals surface area contributed by atoms with Gasteiger partial charge in [-0.2, -0.15) is 0 Å². The molecule has 0 aliphatic rings. The smallest absolute Gasteiger partial charge is 0.160 e. The molecule has 0 saturated heterocycles. The molecule has 0 aliphatic heterocycles. The number of aliphatic hydroxyl groups excluding tert-OH is 1. The minimum Gasteiger partial charge on any atom is -0.396 e. The van der Waals surface area contributed by atoms with Crippen LogP contribution in [0, 0.1) is 13.8 Å². The fraction of sp³-hybridized carbons (Fsp3) is 0.294. The molecule has 0 spiro atoms. The van der Waals surface area contributed by atoms with Gasteiger partial charge in [0.05, 0.1) is 5.02 Å². The molecule has 2 aromatic heterocycles. The third kappa shape index (κ3) is 2.72. The molecule has 5 heteroatoms. The van der Waals surface area contributed by atoms with Crippen molar-refractivity contribution in [2.75, 3.05) is 6.61 Å². The van der Waals surface area contributed by atoms with Crippen LogP contribution in [0.4, 0.5) is 0 Å². The van der Waals surface area contributed by atoms with Gasteiger partial charge in [0.2, 0.25) is 0 Å². The maximum Gasteiger partial charge on any atom is 0.160 e. The highest BCUT2D eigenvalue weighted by Gasteiger charge is 2.14. The van der Waals surface area contributed by atoms with E-state index in [9.17, 15) is 0 Å². The van der Waals surface area contributed by atoms with E-state index < -0.39 is 0 Å². The number of aliphatic hydroxyl groups is 1. The van der Waals surface area contributed by atoms with Crippen LogP contribution in [-0.2, 0) is 6.54 Å². The van der Waals surface area contributed by atoms with Gasteiger partial charge in [-0.05, 0) is 43.5 Å². The van der Waals surface area contributed by atoms with Crippen molar-refractivity contribution in [2.45, 2.75) is 26.8 Å². The second-order valence-corrected chi connectivity index (χ2v) is 5.90. The first-order chi connectivity index (χ1) is 10.6. The largest absolute Gasteiger partial charge is 0.396 e.